The lowest BCUT2D eigenvalue weighted by molar-refractivity contribution is 0.312. The molecular formula is C23H32N6O2S. The zero-order valence-electron chi connectivity index (χ0n) is 18.8. The summed E-state index contributed by atoms with van der Waals surface area (Å²) in [5, 5.41) is 8.89. The van der Waals surface area contributed by atoms with E-state index in [1.165, 1.54) is 17.5 Å². The number of piperazine rings is 2. The molecule has 172 valence electrons. The number of anilines is 2. The van der Waals surface area contributed by atoms with Crippen molar-refractivity contribution in [1.82, 2.24) is 19.4 Å². The van der Waals surface area contributed by atoms with Crippen LogP contribution in [0.4, 0.5) is 11.6 Å². The van der Waals surface area contributed by atoms with Gasteiger partial charge in [0.05, 0.1) is 4.90 Å². The summed E-state index contributed by atoms with van der Waals surface area (Å²) in [4.78, 5) is 7.14. The van der Waals surface area contributed by atoms with E-state index in [1.807, 2.05) is 24.3 Å². The minimum Gasteiger partial charge on any atom is -0.353 e. The highest BCUT2D eigenvalue weighted by Gasteiger charge is 2.30. The minimum atomic E-state index is -3.47. The van der Waals surface area contributed by atoms with Crippen molar-refractivity contribution in [1.29, 1.82) is 0 Å². The van der Waals surface area contributed by atoms with Crippen LogP contribution in [0.25, 0.3) is 0 Å². The zero-order chi connectivity index (χ0) is 22.1. The van der Waals surface area contributed by atoms with Crippen LogP contribution in [0.2, 0.25) is 0 Å². The monoisotopic (exact) mass is 456 g/mol. The van der Waals surface area contributed by atoms with Gasteiger partial charge in [-0.3, -0.25) is 0 Å². The molecule has 0 amide bonds. The number of nitrogens with zero attached hydrogens (tertiary/aromatic N) is 6. The molecule has 1 aromatic heterocycles. The van der Waals surface area contributed by atoms with E-state index in [9.17, 15) is 8.42 Å². The van der Waals surface area contributed by atoms with Crippen LogP contribution < -0.4 is 9.80 Å². The highest BCUT2D eigenvalue weighted by atomic mass is 32.2. The van der Waals surface area contributed by atoms with Gasteiger partial charge in [-0.15, -0.1) is 10.2 Å². The van der Waals surface area contributed by atoms with E-state index in [0.717, 1.165) is 57.1 Å². The van der Waals surface area contributed by atoms with Crippen molar-refractivity contribution < 1.29 is 8.42 Å². The lowest BCUT2D eigenvalue weighted by Crippen LogP contribution is -2.49. The molecule has 5 rings (SSSR count). The van der Waals surface area contributed by atoms with Crippen LogP contribution in [0.15, 0.2) is 35.2 Å². The highest BCUT2D eigenvalue weighted by molar-refractivity contribution is 7.89. The number of aromatic nitrogens is 2. The van der Waals surface area contributed by atoms with Gasteiger partial charge in [0.1, 0.15) is 0 Å². The maximum absolute atomic E-state index is 13.2. The molecule has 1 aliphatic carbocycles. The normalized spacial score (nSPS) is 20.9. The smallest absolute Gasteiger partial charge is 0.243 e. The molecule has 2 aliphatic heterocycles. The van der Waals surface area contributed by atoms with Gasteiger partial charge in [0.25, 0.3) is 0 Å². The Labute approximate surface area is 190 Å². The molecule has 2 fully saturated rings. The number of rotatable bonds is 4. The van der Waals surface area contributed by atoms with Crippen molar-refractivity contribution in [3.8, 4) is 0 Å². The first-order valence-corrected chi connectivity index (χ1v) is 13.1. The van der Waals surface area contributed by atoms with Gasteiger partial charge in [0, 0.05) is 52.4 Å². The third kappa shape index (κ3) is 4.33. The maximum Gasteiger partial charge on any atom is 0.243 e. The van der Waals surface area contributed by atoms with Crippen molar-refractivity contribution in [2.24, 2.45) is 0 Å². The van der Waals surface area contributed by atoms with E-state index in [-0.39, 0.29) is 0 Å². The highest BCUT2D eigenvalue weighted by Crippen LogP contribution is 2.27. The Morgan fingerprint density at radius 1 is 0.719 bits per heavy atom. The van der Waals surface area contributed by atoms with Crippen molar-refractivity contribution in [2.75, 3.05) is 69.2 Å². The molecule has 32 heavy (non-hydrogen) atoms. The Morgan fingerprint density at radius 2 is 1.28 bits per heavy atom. The Kier molecular flexibility index (Phi) is 6.05. The summed E-state index contributed by atoms with van der Waals surface area (Å²) >= 11 is 0. The van der Waals surface area contributed by atoms with Crippen molar-refractivity contribution in [3.05, 3.63) is 41.5 Å². The van der Waals surface area contributed by atoms with Crippen LogP contribution >= 0.6 is 0 Å². The molecule has 2 saturated heterocycles. The van der Waals surface area contributed by atoms with E-state index < -0.39 is 10.0 Å². The first-order valence-electron chi connectivity index (χ1n) is 11.6. The largest absolute Gasteiger partial charge is 0.353 e. The third-order valence-corrected chi connectivity index (χ3v) is 8.88. The molecule has 0 spiro atoms. The molecule has 0 N–H and O–H groups in total. The van der Waals surface area contributed by atoms with Crippen molar-refractivity contribution in [2.45, 2.75) is 30.6 Å². The van der Waals surface area contributed by atoms with E-state index in [0.29, 0.717) is 31.1 Å². The molecular weight excluding hydrogens is 424 g/mol. The van der Waals surface area contributed by atoms with Crippen LogP contribution in [0.3, 0.4) is 0 Å². The quantitative estimate of drug-likeness (QED) is 0.692. The van der Waals surface area contributed by atoms with E-state index >= 15 is 0 Å². The first-order chi connectivity index (χ1) is 15.5. The van der Waals surface area contributed by atoms with E-state index in [4.69, 9.17) is 0 Å². The summed E-state index contributed by atoms with van der Waals surface area (Å²) in [5.41, 5.74) is 2.50. The number of likely N-dealkylation sites (N-methyl/N-ethyl adjacent to an activating group) is 1. The molecule has 9 heteroatoms. The summed E-state index contributed by atoms with van der Waals surface area (Å²) in [7, 11) is -1.33. The first kappa shape index (κ1) is 21.6. The van der Waals surface area contributed by atoms with Gasteiger partial charge in [-0.2, -0.15) is 4.31 Å². The number of fused-ring (bicyclic) bond motifs is 1. The topological polar surface area (TPSA) is 72.9 Å². The predicted molar refractivity (Wildman–Crippen MR) is 126 cm³/mol. The van der Waals surface area contributed by atoms with Gasteiger partial charge >= 0.3 is 0 Å². The van der Waals surface area contributed by atoms with Crippen molar-refractivity contribution in [3.63, 3.8) is 0 Å². The summed E-state index contributed by atoms with van der Waals surface area (Å²) in [6, 6.07) is 9.74. The Morgan fingerprint density at radius 3 is 1.88 bits per heavy atom. The minimum absolute atomic E-state index is 0.433. The predicted octanol–water partition coefficient (Wildman–Crippen LogP) is 1.62. The van der Waals surface area contributed by atoms with Crippen LogP contribution in [0.1, 0.15) is 24.0 Å². The SMILES string of the molecule is CN1CCN(c2ccc(N3CCN(S(=O)(=O)c4ccc5c(c4)CCCC5)CC3)nn2)CC1. The number of aryl methyl sites for hydroxylation is 2. The average molecular weight is 457 g/mol. The molecule has 0 radical (unpaired) electrons. The average Bonchev–Trinajstić information content (AvgIpc) is 2.84. The van der Waals surface area contributed by atoms with Crippen molar-refractivity contribution >= 4 is 21.7 Å². The van der Waals surface area contributed by atoms with Crippen LogP contribution in [-0.4, -0.2) is 87.2 Å². The molecule has 0 unspecified atom stereocenters. The number of hydrogen-bond donors (Lipinski definition) is 0. The molecule has 8 nitrogen and oxygen atoms in total. The Balaban J connectivity index is 1.22. The molecule has 1 aromatic carbocycles. The standard InChI is InChI=1S/C23H32N6O2S/c1-26-10-12-27(13-11-26)22-8-9-23(25-24-22)28-14-16-29(17-15-28)32(30,31)21-7-6-19-4-2-3-5-20(19)18-21/h6-9,18H,2-5,10-17H2,1H3. The molecule has 3 aliphatic rings. The number of benzene rings is 1. The van der Waals surface area contributed by atoms with Crippen LogP contribution in [0, 0.1) is 0 Å². The maximum atomic E-state index is 13.2. The fourth-order valence-corrected chi connectivity index (χ4v) is 6.34. The van der Waals surface area contributed by atoms with Crippen LogP contribution in [-0.2, 0) is 22.9 Å². The number of sulfonamides is 1. The second kappa shape index (κ2) is 8.96. The van der Waals surface area contributed by atoms with Gasteiger partial charge in [-0.05, 0) is 68.1 Å². The molecule has 0 bridgehead atoms. The van der Waals surface area contributed by atoms with E-state index in [2.05, 4.69) is 31.9 Å². The summed E-state index contributed by atoms with van der Waals surface area (Å²) in [6.07, 6.45) is 4.38. The fourth-order valence-electron chi connectivity index (χ4n) is 4.87. The van der Waals surface area contributed by atoms with Gasteiger partial charge < -0.3 is 14.7 Å². The molecule has 0 saturated carbocycles. The second-order valence-corrected chi connectivity index (χ2v) is 11.0. The Bertz CT molecular complexity index is 1040. The number of hydrogen-bond acceptors (Lipinski definition) is 7. The fraction of sp³-hybridized carbons (Fsp3) is 0.565. The lowest BCUT2D eigenvalue weighted by atomic mass is 9.92. The van der Waals surface area contributed by atoms with Gasteiger partial charge in [-0.25, -0.2) is 8.42 Å². The second-order valence-electron chi connectivity index (χ2n) is 9.07. The zero-order valence-corrected chi connectivity index (χ0v) is 19.6. The van der Waals surface area contributed by atoms with Gasteiger partial charge in [0.2, 0.25) is 10.0 Å². The lowest BCUT2D eigenvalue weighted by Gasteiger charge is -2.35. The summed E-state index contributed by atoms with van der Waals surface area (Å²) in [6.45, 7) is 6.14. The Hall–Kier alpha value is -2.23. The third-order valence-electron chi connectivity index (χ3n) is 6.98. The van der Waals surface area contributed by atoms with Gasteiger partial charge in [0.15, 0.2) is 11.6 Å². The summed E-state index contributed by atoms with van der Waals surface area (Å²) < 4.78 is 28.1. The molecule has 0 atom stereocenters. The van der Waals surface area contributed by atoms with Gasteiger partial charge in [-0.1, -0.05) is 6.07 Å². The van der Waals surface area contributed by atoms with E-state index in [1.54, 1.807) is 10.4 Å². The molecule has 2 aromatic rings. The van der Waals surface area contributed by atoms with Crippen LogP contribution in [0.5, 0.6) is 0 Å². The molecule has 3 heterocycles. The summed E-state index contributed by atoms with van der Waals surface area (Å²) in [5.74, 6) is 1.73.